The molecule has 0 aliphatic rings. The van der Waals surface area contributed by atoms with Crippen molar-refractivity contribution in [3.05, 3.63) is 97.3 Å². The largest absolute Gasteiger partial charge is 0.340 e. The first kappa shape index (κ1) is 18.4. The number of hydrogen-bond donors (Lipinski definition) is 0. The van der Waals surface area contributed by atoms with Gasteiger partial charge < -0.3 is 4.57 Å². The highest BCUT2D eigenvalue weighted by Crippen LogP contribution is 2.31. The zero-order valence-corrected chi connectivity index (χ0v) is 15.9. The molecule has 0 spiro atoms. The van der Waals surface area contributed by atoms with E-state index in [-0.39, 0.29) is 5.69 Å². The van der Waals surface area contributed by atoms with Crippen LogP contribution >= 0.6 is 0 Å². The third-order valence-electron chi connectivity index (χ3n) is 5.04. The van der Waals surface area contributed by atoms with Gasteiger partial charge in [-0.1, -0.05) is 42.5 Å². The summed E-state index contributed by atoms with van der Waals surface area (Å²) in [7, 11) is 3.03. The van der Waals surface area contributed by atoms with Crippen LogP contribution in [0.15, 0.2) is 70.4 Å². The van der Waals surface area contributed by atoms with Gasteiger partial charge in [0.15, 0.2) is 0 Å². The number of non-ortho nitro benzene ring substituents is 1. The van der Waals surface area contributed by atoms with Gasteiger partial charge in [0.1, 0.15) is 0 Å². The van der Waals surface area contributed by atoms with Crippen LogP contribution in [-0.2, 0) is 20.6 Å². The standard InChI is InChI=1S/C21H18N4O4/c1-22-17-13-24(12-14-7-4-3-5-8-14)19(18(17)20(26)23(2)21(22)27)15-9-6-10-16(11-15)25(28)29/h3-11,13H,12H2,1-2H3. The van der Waals surface area contributed by atoms with Gasteiger partial charge in [-0.25, -0.2) is 4.79 Å². The summed E-state index contributed by atoms with van der Waals surface area (Å²) >= 11 is 0. The van der Waals surface area contributed by atoms with Crippen LogP contribution < -0.4 is 11.2 Å². The minimum atomic E-state index is -0.468. The van der Waals surface area contributed by atoms with E-state index in [4.69, 9.17) is 0 Å². The first-order valence-corrected chi connectivity index (χ1v) is 8.96. The number of nitro groups is 1. The first-order valence-electron chi connectivity index (χ1n) is 8.96. The van der Waals surface area contributed by atoms with Gasteiger partial charge in [-0.2, -0.15) is 0 Å². The molecule has 2 aromatic heterocycles. The molecule has 0 saturated carbocycles. The Labute approximate surface area is 165 Å². The lowest BCUT2D eigenvalue weighted by Crippen LogP contribution is -2.36. The molecular formula is C21H18N4O4. The summed E-state index contributed by atoms with van der Waals surface area (Å²) in [6.07, 6.45) is 1.75. The van der Waals surface area contributed by atoms with Crippen LogP contribution in [0.4, 0.5) is 5.69 Å². The average molecular weight is 390 g/mol. The molecule has 0 saturated heterocycles. The van der Waals surface area contributed by atoms with Crippen LogP contribution in [0.2, 0.25) is 0 Å². The summed E-state index contributed by atoms with van der Waals surface area (Å²) in [5, 5.41) is 11.6. The van der Waals surface area contributed by atoms with Crippen molar-refractivity contribution in [2.45, 2.75) is 6.54 Å². The topological polar surface area (TPSA) is 92.1 Å². The van der Waals surface area contributed by atoms with Gasteiger partial charge >= 0.3 is 5.69 Å². The quantitative estimate of drug-likeness (QED) is 0.396. The highest BCUT2D eigenvalue weighted by Gasteiger charge is 2.20. The third kappa shape index (κ3) is 3.04. The molecule has 8 nitrogen and oxygen atoms in total. The van der Waals surface area contributed by atoms with E-state index >= 15 is 0 Å². The van der Waals surface area contributed by atoms with E-state index in [2.05, 4.69) is 0 Å². The van der Waals surface area contributed by atoms with E-state index < -0.39 is 16.2 Å². The fraction of sp³-hybridized carbons (Fsp3) is 0.143. The molecule has 0 amide bonds. The predicted octanol–water partition coefficient (Wildman–Crippen LogP) is 2.66. The average Bonchev–Trinajstić information content (AvgIpc) is 3.10. The van der Waals surface area contributed by atoms with Gasteiger partial charge in [0.05, 0.1) is 21.5 Å². The van der Waals surface area contributed by atoms with Crippen molar-refractivity contribution in [1.29, 1.82) is 0 Å². The van der Waals surface area contributed by atoms with Crippen LogP contribution in [0.3, 0.4) is 0 Å². The number of aryl methyl sites for hydroxylation is 1. The van der Waals surface area contributed by atoms with Gasteiger partial charge in [0, 0.05) is 44.5 Å². The molecule has 0 radical (unpaired) electrons. The van der Waals surface area contributed by atoms with Crippen molar-refractivity contribution in [2.75, 3.05) is 0 Å². The fourth-order valence-electron chi connectivity index (χ4n) is 3.57. The molecule has 4 aromatic rings. The molecule has 4 rings (SSSR count). The number of aromatic nitrogens is 3. The molecule has 0 aliphatic heterocycles. The molecule has 146 valence electrons. The van der Waals surface area contributed by atoms with Crippen LogP contribution in [0.5, 0.6) is 0 Å². The van der Waals surface area contributed by atoms with Crippen molar-refractivity contribution in [1.82, 2.24) is 13.7 Å². The molecule has 8 heteroatoms. The van der Waals surface area contributed by atoms with Crippen LogP contribution in [-0.4, -0.2) is 18.6 Å². The van der Waals surface area contributed by atoms with Gasteiger partial charge in [-0.15, -0.1) is 0 Å². The van der Waals surface area contributed by atoms with E-state index in [1.54, 1.807) is 25.4 Å². The molecule has 2 heterocycles. The molecule has 29 heavy (non-hydrogen) atoms. The summed E-state index contributed by atoms with van der Waals surface area (Å²) in [5.41, 5.74) is 1.65. The Morgan fingerprint density at radius 1 is 0.966 bits per heavy atom. The summed E-state index contributed by atoms with van der Waals surface area (Å²) < 4.78 is 4.33. The third-order valence-corrected chi connectivity index (χ3v) is 5.04. The Morgan fingerprint density at radius 3 is 2.38 bits per heavy atom. The normalized spacial score (nSPS) is 11.1. The molecule has 0 fully saturated rings. The zero-order valence-electron chi connectivity index (χ0n) is 15.9. The van der Waals surface area contributed by atoms with Crippen LogP contribution in [0, 0.1) is 10.1 Å². The fourth-order valence-corrected chi connectivity index (χ4v) is 3.57. The van der Waals surface area contributed by atoms with E-state index in [0.29, 0.717) is 28.7 Å². The number of nitrogens with zero attached hydrogens (tertiary/aromatic N) is 4. The lowest BCUT2D eigenvalue weighted by Gasteiger charge is -2.10. The number of nitro benzene ring substituents is 1. The maximum absolute atomic E-state index is 13.0. The molecule has 0 bridgehead atoms. The Morgan fingerprint density at radius 2 is 1.69 bits per heavy atom. The molecule has 0 aliphatic carbocycles. The number of rotatable bonds is 4. The SMILES string of the molecule is Cn1c(=O)c2c(-c3cccc([N+](=O)[O-])c3)n(Cc3ccccc3)cc2n(C)c1=O. The number of fused-ring (bicyclic) bond motifs is 1. The lowest BCUT2D eigenvalue weighted by atomic mass is 10.1. The van der Waals surface area contributed by atoms with Gasteiger partial charge in [0.25, 0.3) is 11.2 Å². The predicted molar refractivity (Wildman–Crippen MR) is 110 cm³/mol. The van der Waals surface area contributed by atoms with Gasteiger partial charge in [-0.05, 0) is 5.56 Å². The Hall–Kier alpha value is -3.94. The van der Waals surface area contributed by atoms with Crippen LogP contribution in [0.25, 0.3) is 22.2 Å². The molecule has 0 unspecified atom stereocenters. The lowest BCUT2D eigenvalue weighted by molar-refractivity contribution is -0.384. The van der Waals surface area contributed by atoms with Crippen molar-refractivity contribution < 1.29 is 4.92 Å². The van der Waals surface area contributed by atoms with E-state index in [1.165, 1.54) is 23.7 Å². The highest BCUT2D eigenvalue weighted by molar-refractivity contribution is 5.94. The van der Waals surface area contributed by atoms with Crippen molar-refractivity contribution in [2.24, 2.45) is 14.1 Å². The van der Waals surface area contributed by atoms with Crippen molar-refractivity contribution in [3.8, 4) is 11.3 Å². The summed E-state index contributed by atoms with van der Waals surface area (Å²) in [6, 6.07) is 15.8. The zero-order chi connectivity index (χ0) is 20.7. The molecule has 0 N–H and O–H groups in total. The maximum Gasteiger partial charge on any atom is 0.330 e. The molecule has 2 aromatic carbocycles. The maximum atomic E-state index is 13.0. The summed E-state index contributed by atoms with van der Waals surface area (Å²) in [5.74, 6) is 0. The Kier molecular flexibility index (Phi) is 4.38. The van der Waals surface area contributed by atoms with E-state index in [1.807, 2.05) is 34.9 Å². The number of benzene rings is 2. The monoisotopic (exact) mass is 390 g/mol. The minimum absolute atomic E-state index is 0.0650. The minimum Gasteiger partial charge on any atom is -0.340 e. The first-order chi connectivity index (χ1) is 13.9. The van der Waals surface area contributed by atoms with E-state index in [0.717, 1.165) is 10.1 Å². The molecule has 0 atom stereocenters. The van der Waals surface area contributed by atoms with Crippen molar-refractivity contribution >= 4 is 16.6 Å². The van der Waals surface area contributed by atoms with Gasteiger partial charge in [0.2, 0.25) is 0 Å². The molecular weight excluding hydrogens is 372 g/mol. The highest BCUT2D eigenvalue weighted by atomic mass is 16.6. The van der Waals surface area contributed by atoms with Crippen molar-refractivity contribution in [3.63, 3.8) is 0 Å². The number of hydrogen-bond acceptors (Lipinski definition) is 4. The second kappa shape index (κ2) is 6.90. The summed E-state index contributed by atoms with van der Waals surface area (Å²) in [6.45, 7) is 0.449. The summed E-state index contributed by atoms with van der Waals surface area (Å²) in [4.78, 5) is 36.2. The van der Waals surface area contributed by atoms with Gasteiger partial charge in [-0.3, -0.25) is 24.0 Å². The Balaban J connectivity index is 2.08. The van der Waals surface area contributed by atoms with Crippen LogP contribution in [0.1, 0.15) is 5.56 Å². The smallest absolute Gasteiger partial charge is 0.330 e. The van der Waals surface area contributed by atoms with E-state index in [9.17, 15) is 19.7 Å². The second-order valence-electron chi connectivity index (χ2n) is 6.86. The second-order valence-corrected chi connectivity index (χ2v) is 6.86. The Bertz CT molecular complexity index is 1360.